The standard InChI is InChI=1S/C20H21ClN4O2/c1-12-7-13(2)9-14(8-12)23-19-5-6-22-20(25-19)24-16-11-17(26-3)15(21)10-18(16)27-4/h5-11H,1-4H3,(H2,22,23,24,25). The lowest BCUT2D eigenvalue weighted by atomic mass is 10.1. The highest BCUT2D eigenvalue weighted by Gasteiger charge is 2.11. The van der Waals surface area contributed by atoms with Crippen molar-refractivity contribution >= 4 is 34.7 Å². The van der Waals surface area contributed by atoms with Crippen LogP contribution in [0.4, 0.5) is 23.1 Å². The molecule has 7 heteroatoms. The van der Waals surface area contributed by atoms with Gasteiger partial charge >= 0.3 is 0 Å². The van der Waals surface area contributed by atoms with E-state index in [4.69, 9.17) is 21.1 Å². The maximum atomic E-state index is 6.15. The molecule has 0 atom stereocenters. The second-order valence-electron chi connectivity index (χ2n) is 6.08. The number of aryl methyl sites for hydroxylation is 2. The van der Waals surface area contributed by atoms with E-state index >= 15 is 0 Å². The van der Waals surface area contributed by atoms with E-state index in [1.165, 1.54) is 11.1 Å². The molecule has 27 heavy (non-hydrogen) atoms. The number of halogens is 1. The summed E-state index contributed by atoms with van der Waals surface area (Å²) >= 11 is 6.15. The zero-order valence-corrected chi connectivity index (χ0v) is 16.4. The Kier molecular flexibility index (Phi) is 5.66. The highest BCUT2D eigenvalue weighted by atomic mass is 35.5. The van der Waals surface area contributed by atoms with E-state index in [1.807, 2.05) is 6.07 Å². The quantitative estimate of drug-likeness (QED) is 0.604. The SMILES string of the molecule is COc1cc(Nc2nccc(Nc3cc(C)cc(C)c3)n2)c(OC)cc1Cl. The number of benzene rings is 2. The van der Waals surface area contributed by atoms with Crippen LogP contribution in [0, 0.1) is 13.8 Å². The minimum absolute atomic E-state index is 0.423. The maximum Gasteiger partial charge on any atom is 0.229 e. The monoisotopic (exact) mass is 384 g/mol. The van der Waals surface area contributed by atoms with Crippen molar-refractivity contribution in [1.82, 2.24) is 9.97 Å². The predicted molar refractivity (Wildman–Crippen MR) is 109 cm³/mol. The van der Waals surface area contributed by atoms with Crippen molar-refractivity contribution in [2.45, 2.75) is 13.8 Å². The molecule has 0 aliphatic heterocycles. The van der Waals surface area contributed by atoms with Crippen molar-refractivity contribution in [3.05, 3.63) is 58.7 Å². The van der Waals surface area contributed by atoms with Crippen molar-refractivity contribution in [1.29, 1.82) is 0 Å². The zero-order chi connectivity index (χ0) is 19.4. The number of hydrogen-bond donors (Lipinski definition) is 2. The normalized spacial score (nSPS) is 10.4. The Morgan fingerprint density at radius 3 is 2.26 bits per heavy atom. The number of methoxy groups -OCH3 is 2. The van der Waals surface area contributed by atoms with Crippen molar-refractivity contribution in [2.24, 2.45) is 0 Å². The van der Waals surface area contributed by atoms with Crippen molar-refractivity contribution in [3.8, 4) is 11.5 Å². The van der Waals surface area contributed by atoms with Crippen LogP contribution >= 0.6 is 11.6 Å². The van der Waals surface area contributed by atoms with Gasteiger partial charge < -0.3 is 20.1 Å². The van der Waals surface area contributed by atoms with E-state index in [0.29, 0.717) is 34.0 Å². The Balaban J connectivity index is 1.86. The molecule has 3 aromatic rings. The highest BCUT2D eigenvalue weighted by molar-refractivity contribution is 6.32. The fourth-order valence-corrected chi connectivity index (χ4v) is 2.99. The van der Waals surface area contributed by atoms with Crippen LogP contribution in [0.1, 0.15) is 11.1 Å². The molecule has 0 aliphatic rings. The van der Waals surface area contributed by atoms with Crippen molar-refractivity contribution < 1.29 is 9.47 Å². The van der Waals surface area contributed by atoms with Gasteiger partial charge in [-0.05, 0) is 43.2 Å². The Labute approximate surface area is 163 Å². The number of ether oxygens (including phenoxy) is 2. The topological polar surface area (TPSA) is 68.3 Å². The van der Waals surface area contributed by atoms with Crippen LogP contribution in [-0.2, 0) is 0 Å². The van der Waals surface area contributed by atoms with E-state index in [1.54, 1.807) is 32.5 Å². The molecule has 0 amide bonds. The second-order valence-corrected chi connectivity index (χ2v) is 6.49. The number of nitrogens with zero attached hydrogens (tertiary/aromatic N) is 2. The average molecular weight is 385 g/mol. The minimum atomic E-state index is 0.423. The number of anilines is 4. The number of hydrogen-bond acceptors (Lipinski definition) is 6. The smallest absolute Gasteiger partial charge is 0.229 e. The first-order valence-electron chi connectivity index (χ1n) is 8.35. The molecule has 1 heterocycles. The van der Waals surface area contributed by atoms with Crippen LogP contribution in [0.5, 0.6) is 11.5 Å². The summed E-state index contributed by atoms with van der Waals surface area (Å²) < 4.78 is 10.6. The molecule has 0 radical (unpaired) electrons. The third-order valence-electron chi connectivity index (χ3n) is 3.87. The number of nitrogens with one attached hydrogen (secondary N) is 2. The van der Waals surface area contributed by atoms with Gasteiger partial charge in [-0.15, -0.1) is 0 Å². The summed E-state index contributed by atoms with van der Waals surface area (Å²) in [6.07, 6.45) is 1.68. The summed E-state index contributed by atoms with van der Waals surface area (Å²) in [6.45, 7) is 4.12. The van der Waals surface area contributed by atoms with Gasteiger partial charge in [0.1, 0.15) is 17.3 Å². The lowest BCUT2D eigenvalue weighted by Gasteiger charge is -2.14. The van der Waals surface area contributed by atoms with Crippen molar-refractivity contribution in [2.75, 3.05) is 24.9 Å². The first-order chi connectivity index (χ1) is 13.0. The van der Waals surface area contributed by atoms with Gasteiger partial charge in [0.2, 0.25) is 5.95 Å². The molecule has 0 fully saturated rings. The molecule has 1 aromatic heterocycles. The summed E-state index contributed by atoms with van der Waals surface area (Å²) in [5, 5.41) is 6.92. The van der Waals surface area contributed by atoms with Crippen LogP contribution in [-0.4, -0.2) is 24.2 Å². The van der Waals surface area contributed by atoms with Crippen LogP contribution < -0.4 is 20.1 Å². The van der Waals surface area contributed by atoms with E-state index in [2.05, 4.69) is 52.6 Å². The van der Waals surface area contributed by atoms with E-state index in [-0.39, 0.29) is 0 Å². The molecule has 2 aromatic carbocycles. The molecule has 2 N–H and O–H groups in total. The van der Waals surface area contributed by atoms with E-state index in [0.717, 1.165) is 5.69 Å². The highest BCUT2D eigenvalue weighted by Crippen LogP contribution is 2.37. The predicted octanol–water partition coefficient (Wildman–Crippen LogP) is 5.25. The zero-order valence-electron chi connectivity index (χ0n) is 15.6. The van der Waals surface area contributed by atoms with Gasteiger partial charge in [0.05, 0.1) is 24.9 Å². The van der Waals surface area contributed by atoms with Gasteiger partial charge in [0.15, 0.2) is 0 Å². The second kappa shape index (κ2) is 8.14. The van der Waals surface area contributed by atoms with Crippen molar-refractivity contribution in [3.63, 3.8) is 0 Å². The third-order valence-corrected chi connectivity index (χ3v) is 4.17. The van der Waals surface area contributed by atoms with E-state index in [9.17, 15) is 0 Å². The van der Waals surface area contributed by atoms with Crippen LogP contribution in [0.15, 0.2) is 42.6 Å². The Hall–Kier alpha value is -2.99. The molecule has 3 rings (SSSR count). The van der Waals surface area contributed by atoms with Gasteiger partial charge in [-0.1, -0.05) is 17.7 Å². The van der Waals surface area contributed by atoms with Gasteiger partial charge in [0.25, 0.3) is 0 Å². The summed E-state index contributed by atoms with van der Waals surface area (Å²) in [5.41, 5.74) is 4.00. The fourth-order valence-electron chi connectivity index (χ4n) is 2.76. The number of rotatable bonds is 6. The molecule has 140 valence electrons. The lowest BCUT2D eigenvalue weighted by molar-refractivity contribution is 0.405. The van der Waals surface area contributed by atoms with E-state index < -0.39 is 0 Å². The average Bonchev–Trinajstić information content (AvgIpc) is 2.62. The first-order valence-corrected chi connectivity index (χ1v) is 8.73. The van der Waals surface area contributed by atoms with Gasteiger partial charge in [-0.2, -0.15) is 4.98 Å². The van der Waals surface area contributed by atoms with Crippen LogP contribution in [0.3, 0.4) is 0 Å². The Morgan fingerprint density at radius 1 is 0.889 bits per heavy atom. The fraction of sp³-hybridized carbons (Fsp3) is 0.200. The van der Waals surface area contributed by atoms with Crippen LogP contribution in [0.25, 0.3) is 0 Å². The summed E-state index contributed by atoms with van der Waals surface area (Å²) in [6, 6.07) is 11.5. The molecular formula is C20H21ClN4O2. The summed E-state index contributed by atoms with van der Waals surface area (Å²) in [5.74, 6) is 2.20. The Bertz CT molecular complexity index is 942. The third kappa shape index (κ3) is 4.60. The molecule has 6 nitrogen and oxygen atoms in total. The maximum absolute atomic E-state index is 6.15. The molecule has 0 spiro atoms. The number of aromatic nitrogens is 2. The molecule has 0 bridgehead atoms. The van der Waals surface area contributed by atoms with Gasteiger partial charge in [-0.25, -0.2) is 4.98 Å². The summed E-state index contributed by atoms with van der Waals surface area (Å²) in [7, 11) is 3.13. The van der Waals surface area contributed by atoms with Gasteiger partial charge in [-0.3, -0.25) is 0 Å². The van der Waals surface area contributed by atoms with Crippen LogP contribution in [0.2, 0.25) is 5.02 Å². The summed E-state index contributed by atoms with van der Waals surface area (Å²) in [4.78, 5) is 8.79. The Morgan fingerprint density at radius 2 is 1.59 bits per heavy atom. The molecule has 0 saturated carbocycles. The molecular weight excluding hydrogens is 364 g/mol. The molecule has 0 unspecified atom stereocenters. The molecule has 0 aliphatic carbocycles. The molecule has 0 saturated heterocycles. The lowest BCUT2D eigenvalue weighted by Crippen LogP contribution is -2.02. The first kappa shape index (κ1) is 18.8. The van der Waals surface area contributed by atoms with Gasteiger partial charge in [0, 0.05) is 24.0 Å². The minimum Gasteiger partial charge on any atom is -0.495 e. The largest absolute Gasteiger partial charge is 0.495 e.